The van der Waals surface area contributed by atoms with E-state index in [-0.39, 0.29) is 0 Å². The van der Waals surface area contributed by atoms with E-state index in [1.54, 1.807) is 0 Å². The molecule has 21 heavy (non-hydrogen) atoms. The molecule has 1 aliphatic rings. The standard InChI is InChI=1S/C17H20ClN3/c1-13-5-6-14(18)12-16(13)20-15-7-10-21(11-8-15)17-4-2-3-9-19-17/h2-6,9,12,15,20H,7-8,10-11H2,1H3. The summed E-state index contributed by atoms with van der Waals surface area (Å²) in [7, 11) is 0. The number of halogens is 1. The fourth-order valence-corrected chi connectivity index (χ4v) is 2.94. The van der Waals surface area contributed by atoms with E-state index in [2.05, 4.69) is 34.3 Å². The molecule has 2 heterocycles. The van der Waals surface area contributed by atoms with Gasteiger partial charge in [0.2, 0.25) is 0 Å². The molecular formula is C17H20ClN3. The minimum absolute atomic E-state index is 0.502. The first-order valence-corrected chi connectivity index (χ1v) is 7.79. The number of pyridine rings is 1. The van der Waals surface area contributed by atoms with Crippen molar-refractivity contribution in [1.29, 1.82) is 0 Å². The number of aryl methyl sites for hydroxylation is 1. The summed E-state index contributed by atoms with van der Waals surface area (Å²) >= 11 is 6.08. The molecule has 1 fully saturated rings. The van der Waals surface area contributed by atoms with E-state index in [0.29, 0.717) is 6.04 Å². The third-order valence-corrected chi connectivity index (χ3v) is 4.26. The van der Waals surface area contributed by atoms with Crippen molar-refractivity contribution < 1.29 is 0 Å². The minimum atomic E-state index is 0.502. The van der Waals surface area contributed by atoms with Crippen LogP contribution >= 0.6 is 11.6 Å². The van der Waals surface area contributed by atoms with Crippen LogP contribution in [0.4, 0.5) is 11.5 Å². The van der Waals surface area contributed by atoms with E-state index in [4.69, 9.17) is 11.6 Å². The van der Waals surface area contributed by atoms with Gasteiger partial charge in [-0.3, -0.25) is 0 Å². The zero-order valence-corrected chi connectivity index (χ0v) is 13.0. The maximum absolute atomic E-state index is 6.08. The third kappa shape index (κ3) is 3.48. The van der Waals surface area contributed by atoms with Gasteiger partial charge in [0.05, 0.1) is 0 Å². The number of rotatable bonds is 3. The molecule has 110 valence electrons. The molecule has 0 amide bonds. The van der Waals surface area contributed by atoms with Crippen LogP contribution in [-0.2, 0) is 0 Å². The Hall–Kier alpha value is -1.74. The monoisotopic (exact) mass is 301 g/mol. The Labute approximate surface area is 131 Å². The molecule has 4 heteroatoms. The van der Waals surface area contributed by atoms with Crippen LogP contribution in [0.25, 0.3) is 0 Å². The Morgan fingerprint density at radius 1 is 1.19 bits per heavy atom. The summed E-state index contributed by atoms with van der Waals surface area (Å²) in [6.45, 7) is 4.18. The quantitative estimate of drug-likeness (QED) is 0.924. The molecule has 0 aliphatic carbocycles. The largest absolute Gasteiger partial charge is 0.382 e. The van der Waals surface area contributed by atoms with Crippen molar-refractivity contribution >= 4 is 23.1 Å². The predicted octanol–water partition coefficient (Wildman–Crippen LogP) is 4.12. The lowest BCUT2D eigenvalue weighted by atomic mass is 10.0. The van der Waals surface area contributed by atoms with Gasteiger partial charge >= 0.3 is 0 Å². The van der Waals surface area contributed by atoms with Gasteiger partial charge < -0.3 is 10.2 Å². The summed E-state index contributed by atoms with van der Waals surface area (Å²) in [5, 5.41) is 4.42. The summed E-state index contributed by atoms with van der Waals surface area (Å²) in [5.41, 5.74) is 2.39. The van der Waals surface area contributed by atoms with Gasteiger partial charge in [-0.15, -0.1) is 0 Å². The molecule has 1 N–H and O–H groups in total. The van der Waals surface area contributed by atoms with E-state index in [9.17, 15) is 0 Å². The zero-order valence-electron chi connectivity index (χ0n) is 12.2. The molecule has 0 atom stereocenters. The van der Waals surface area contributed by atoms with Crippen molar-refractivity contribution in [3.05, 3.63) is 53.2 Å². The molecule has 1 saturated heterocycles. The highest BCUT2D eigenvalue weighted by molar-refractivity contribution is 6.30. The van der Waals surface area contributed by atoms with Crippen molar-refractivity contribution in [2.75, 3.05) is 23.3 Å². The first-order chi connectivity index (χ1) is 10.2. The number of hydrogen-bond acceptors (Lipinski definition) is 3. The molecule has 1 aromatic heterocycles. The number of benzene rings is 1. The van der Waals surface area contributed by atoms with Gasteiger partial charge in [0.25, 0.3) is 0 Å². The zero-order chi connectivity index (χ0) is 14.7. The number of nitrogens with zero attached hydrogens (tertiary/aromatic N) is 2. The topological polar surface area (TPSA) is 28.2 Å². The molecule has 0 bridgehead atoms. The van der Waals surface area contributed by atoms with Crippen LogP contribution < -0.4 is 10.2 Å². The second-order valence-electron chi connectivity index (χ2n) is 5.55. The van der Waals surface area contributed by atoms with Crippen LogP contribution in [0.15, 0.2) is 42.6 Å². The first-order valence-electron chi connectivity index (χ1n) is 7.41. The lowest BCUT2D eigenvalue weighted by Crippen LogP contribution is -2.39. The van der Waals surface area contributed by atoms with Gasteiger partial charge in [-0.25, -0.2) is 4.98 Å². The van der Waals surface area contributed by atoms with Gasteiger partial charge in [-0.2, -0.15) is 0 Å². The van der Waals surface area contributed by atoms with Crippen LogP contribution in [0, 0.1) is 6.92 Å². The van der Waals surface area contributed by atoms with Gasteiger partial charge in [-0.1, -0.05) is 23.7 Å². The van der Waals surface area contributed by atoms with Crippen molar-refractivity contribution in [3.63, 3.8) is 0 Å². The summed E-state index contributed by atoms with van der Waals surface area (Å²) in [6, 6.07) is 12.6. The average Bonchev–Trinajstić information content (AvgIpc) is 2.53. The van der Waals surface area contributed by atoms with E-state index in [1.807, 2.05) is 30.5 Å². The van der Waals surface area contributed by atoms with E-state index in [0.717, 1.165) is 42.5 Å². The van der Waals surface area contributed by atoms with E-state index in [1.165, 1.54) is 5.56 Å². The SMILES string of the molecule is Cc1ccc(Cl)cc1NC1CCN(c2ccccn2)CC1. The Morgan fingerprint density at radius 2 is 2.00 bits per heavy atom. The van der Waals surface area contributed by atoms with Gasteiger partial charge in [-0.05, 0) is 49.6 Å². The van der Waals surface area contributed by atoms with Crippen molar-refractivity contribution in [2.45, 2.75) is 25.8 Å². The average molecular weight is 302 g/mol. The molecule has 0 unspecified atom stereocenters. The Bertz CT molecular complexity index is 592. The number of anilines is 2. The summed E-state index contributed by atoms with van der Waals surface area (Å²) in [4.78, 5) is 6.78. The predicted molar refractivity (Wildman–Crippen MR) is 89.3 cm³/mol. The second-order valence-corrected chi connectivity index (χ2v) is 5.99. The maximum atomic E-state index is 6.08. The summed E-state index contributed by atoms with van der Waals surface area (Å²) in [6.07, 6.45) is 4.08. The molecular weight excluding hydrogens is 282 g/mol. The van der Waals surface area contributed by atoms with Crippen LogP contribution in [0.3, 0.4) is 0 Å². The molecule has 1 aromatic carbocycles. The Morgan fingerprint density at radius 3 is 2.71 bits per heavy atom. The van der Waals surface area contributed by atoms with E-state index < -0.39 is 0 Å². The van der Waals surface area contributed by atoms with Gasteiger partial charge in [0.15, 0.2) is 0 Å². The molecule has 0 saturated carbocycles. The first kappa shape index (κ1) is 14.2. The number of hydrogen-bond donors (Lipinski definition) is 1. The fourth-order valence-electron chi connectivity index (χ4n) is 2.76. The number of nitrogens with one attached hydrogen (secondary N) is 1. The molecule has 0 radical (unpaired) electrons. The lowest BCUT2D eigenvalue weighted by molar-refractivity contribution is 0.523. The van der Waals surface area contributed by atoms with Crippen LogP contribution in [-0.4, -0.2) is 24.1 Å². The highest BCUT2D eigenvalue weighted by Crippen LogP contribution is 2.24. The normalized spacial score (nSPS) is 16.0. The second kappa shape index (κ2) is 6.35. The molecule has 3 rings (SSSR count). The third-order valence-electron chi connectivity index (χ3n) is 4.03. The maximum Gasteiger partial charge on any atom is 0.128 e. The van der Waals surface area contributed by atoms with Crippen LogP contribution in [0.2, 0.25) is 5.02 Å². The van der Waals surface area contributed by atoms with Gasteiger partial charge in [0.1, 0.15) is 5.82 Å². The smallest absolute Gasteiger partial charge is 0.128 e. The molecule has 3 nitrogen and oxygen atoms in total. The van der Waals surface area contributed by atoms with Crippen molar-refractivity contribution in [2.24, 2.45) is 0 Å². The molecule has 2 aromatic rings. The minimum Gasteiger partial charge on any atom is -0.382 e. The molecule has 1 aliphatic heterocycles. The fraction of sp³-hybridized carbons (Fsp3) is 0.353. The molecule has 0 spiro atoms. The van der Waals surface area contributed by atoms with E-state index >= 15 is 0 Å². The number of aromatic nitrogens is 1. The summed E-state index contributed by atoms with van der Waals surface area (Å²) < 4.78 is 0. The highest BCUT2D eigenvalue weighted by atomic mass is 35.5. The Kier molecular flexibility index (Phi) is 4.30. The van der Waals surface area contributed by atoms with Gasteiger partial charge in [0, 0.05) is 36.0 Å². The summed E-state index contributed by atoms with van der Waals surface area (Å²) in [5.74, 6) is 1.08. The number of piperidine rings is 1. The van der Waals surface area contributed by atoms with Crippen LogP contribution in [0.1, 0.15) is 18.4 Å². The van der Waals surface area contributed by atoms with Crippen molar-refractivity contribution in [3.8, 4) is 0 Å². The van der Waals surface area contributed by atoms with Crippen molar-refractivity contribution in [1.82, 2.24) is 4.98 Å². The highest BCUT2D eigenvalue weighted by Gasteiger charge is 2.20. The lowest BCUT2D eigenvalue weighted by Gasteiger charge is -2.33. The Balaban J connectivity index is 1.60. The van der Waals surface area contributed by atoms with Crippen LogP contribution in [0.5, 0.6) is 0 Å².